The van der Waals surface area contributed by atoms with Gasteiger partial charge in [0.25, 0.3) is 10.1 Å². The molecule has 27 heavy (non-hydrogen) atoms. The minimum absolute atomic E-state index is 0.0284. The molecule has 0 spiro atoms. The third-order valence-electron chi connectivity index (χ3n) is 3.78. The molecular weight excluding hydrogens is 395 g/mol. The predicted molar refractivity (Wildman–Crippen MR) is 99.0 cm³/mol. The van der Waals surface area contributed by atoms with E-state index in [0.29, 0.717) is 0 Å². The summed E-state index contributed by atoms with van der Waals surface area (Å²) in [4.78, 5) is 0.0284. The van der Waals surface area contributed by atoms with Gasteiger partial charge in [0, 0.05) is 0 Å². The third-order valence-corrected chi connectivity index (χ3v) is 7.38. The van der Waals surface area contributed by atoms with Gasteiger partial charge in [-0.1, -0.05) is 17.7 Å². The van der Waals surface area contributed by atoms with Crippen LogP contribution in [0.5, 0.6) is 0 Å². The molecule has 8 nitrogen and oxygen atoms in total. The van der Waals surface area contributed by atoms with Gasteiger partial charge in [-0.15, -0.1) is 0 Å². The van der Waals surface area contributed by atoms with Crippen molar-refractivity contribution in [2.45, 2.75) is 57.3 Å². The summed E-state index contributed by atoms with van der Waals surface area (Å²) < 4.78 is 65.2. The van der Waals surface area contributed by atoms with E-state index in [1.807, 2.05) is 6.92 Å². The molecule has 1 fully saturated rings. The Kier molecular flexibility index (Phi) is 7.24. The van der Waals surface area contributed by atoms with Crippen molar-refractivity contribution in [1.29, 1.82) is 0 Å². The summed E-state index contributed by atoms with van der Waals surface area (Å²) in [5.74, 6) is -2.18. The molecule has 1 saturated heterocycles. The van der Waals surface area contributed by atoms with E-state index < -0.39 is 35.5 Å². The van der Waals surface area contributed by atoms with E-state index >= 15 is 0 Å². The van der Waals surface area contributed by atoms with Crippen molar-refractivity contribution in [3.05, 3.63) is 29.8 Å². The average molecular weight is 422 g/mol. The molecule has 10 heteroatoms. The highest BCUT2D eigenvalue weighted by Gasteiger charge is 2.53. The van der Waals surface area contributed by atoms with Crippen LogP contribution in [0.2, 0.25) is 0 Å². The molecule has 2 rings (SSSR count). The molecular formula is C17H27O8PS. The van der Waals surface area contributed by atoms with Gasteiger partial charge in [-0.05, 0) is 46.8 Å². The Balaban J connectivity index is 2.19. The molecule has 1 aliphatic heterocycles. The molecule has 0 radical (unpaired) electrons. The molecule has 154 valence electrons. The van der Waals surface area contributed by atoms with Crippen molar-refractivity contribution in [3.63, 3.8) is 0 Å². The largest absolute Gasteiger partial charge is 0.362 e. The molecule has 0 amide bonds. The Hall–Kier alpha value is -0.800. The summed E-state index contributed by atoms with van der Waals surface area (Å²) in [6.45, 7) is 8.40. The van der Waals surface area contributed by atoms with E-state index in [4.69, 9.17) is 22.7 Å². The normalized spacial score (nSPS) is 22.9. The van der Waals surface area contributed by atoms with Crippen LogP contribution in [-0.2, 0) is 37.4 Å². The second kappa shape index (κ2) is 8.69. The highest BCUT2D eigenvalue weighted by Crippen LogP contribution is 2.58. The van der Waals surface area contributed by atoms with Gasteiger partial charge in [0.05, 0.1) is 24.7 Å². The van der Waals surface area contributed by atoms with Crippen LogP contribution in [0, 0.1) is 6.92 Å². The summed E-state index contributed by atoms with van der Waals surface area (Å²) in [6, 6.07) is 6.28. The smallest absolute Gasteiger partial charge is 0.341 e. The first kappa shape index (κ1) is 22.5. The highest BCUT2D eigenvalue weighted by atomic mass is 32.2. The van der Waals surface area contributed by atoms with Crippen LogP contribution in [0.25, 0.3) is 0 Å². The zero-order valence-corrected chi connectivity index (χ0v) is 17.9. The number of aryl methyl sites for hydroxylation is 1. The highest BCUT2D eigenvalue weighted by molar-refractivity contribution is 7.86. The zero-order chi connectivity index (χ0) is 20.3. The van der Waals surface area contributed by atoms with Gasteiger partial charge in [0.2, 0.25) is 0 Å². The quantitative estimate of drug-likeness (QED) is 0.441. The predicted octanol–water partition coefficient (Wildman–Crippen LogP) is 3.44. The fourth-order valence-electron chi connectivity index (χ4n) is 2.68. The number of hydrogen-bond acceptors (Lipinski definition) is 8. The summed E-state index contributed by atoms with van der Waals surface area (Å²) in [7, 11) is -7.69. The van der Waals surface area contributed by atoms with Crippen LogP contribution in [0.15, 0.2) is 29.2 Å². The molecule has 0 saturated carbocycles. The molecule has 0 bridgehead atoms. The van der Waals surface area contributed by atoms with Crippen LogP contribution in [-0.4, -0.2) is 46.0 Å². The molecule has 1 heterocycles. The third kappa shape index (κ3) is 5.60. The van der Waals surface area contributed by atoms with Crippen LogP contribution >= 0.6 is 7.60 Å². The number of hydrogen-bond donors (Lipinski definition) is 0. The van der Waals surface area contributed by atoms with Gasteiger partial charge >= 0.3 is 7.60 Å². The van der Waals surface area contributed by atoms with E-state index in [0.717, 1.165) is 5.56 Å². The van der Waals surface area contributed by atoms with Crippen molar-refractivity contribution >= 4 is 17.7 Å². The lowest BCUT2D eigenvalue weighted by Gasteiger charge is -2.25. The Labute approximate surface area is 160 Å². The molecule has 1 aromatic rings. The molecule has 1 aromatic carbocycles. The Morgan fingerprint density at radius 1 is 1.07 bits per heavy atom. The summed E-state index contributed by atoms with van der Waals surface area (Å²) in [5, 5.41) is 0. The van der Waals surface area contributed by atoms with Gasteiger partial charge in [-0.2, -0.15) is 8.42 Å². The standard InChI is InChI=1S/C17H27O8PS/c1-6-21-26(18,22-7-2)16-15(24-17(4,5)25-16)12-23-27(19,20)14-10-8-13(3)9-11-14/h8-11,15-16H,6-7,12H2,1-5H3/t15-,16-/m1/s1. The fourth-order valence-corrected chi connectivity index (χ4v) is 5.62. The summed E-state index contributed by atoms with van der Waals surface area (Å²) in [5.41, 5.74) is 0.928. The zero-order valence-electron chi connectivity index (χ0n) is 16.2. The Morgan fingerprint density at radius 3 is 2.15 bits per heavy atom. The molecule has 0 unspecified atom stereocenters. The first-order valence-electron chi connectivity index (χ1n) is 8.73. The van der Waals surface area contributed by atoms with Gasteiger partial charge in [0.1, 0.15) is 6.10 Å². The lowest BCUT2D eigenvalue weighted by atomic mass is 10.2. The summed E-state index contributed by atoms with van der Waals surface area (Å²) in [6.07, 6.45) is -0.941. The minimum Gasteiger partial charge on any atom is -0.341 e. The topological polar surface area (TPSA) is 97.4 Å². The first-order chi connectivity index (χ1) is 12.5. The van der Waals surface area contributed by atoms with Gasteiger partial charge < -0.3 is 18.5 Å². The molecule has 0 aliphatic carbocycles. The van der Waals surface area contributed by atoms with Crippen LogP contribution < -0.4 is 0 Å². The molecule has 0 N–H and O–H groups in total. The van der Waals surface area contributed by atoms with Gasteiger partial charge in [-0.25, -0.2) is 0 Å². The van der Waals surface area contributed by atoms with E-state index in [1.54, 1.807) is 39.8 Å². The molecule has 2 atom stereocenters. The van der Waals surface area contributed by atoms with E-state index in [9.17, 15) is 13.0 Å². The lowest BCUT2D eigenvalue weighted by molar-refractivity contribution is -0.144. The van der Waals surface area contributed by atoms with Crippen molar-refractivity contribution in [3.8, 4) is 0 Å². The summed E-state index contributed by atoms with van der Waals surface area (Å²) >= 11 is 0. The van der Waals surface area contributed by atoms with Crippen molar-refractivity contribution < 1.29 is 35.7 Å². The average Bonchev–Trinajstić information content (AvgIpc) is 2.90. The maximum atomic E-state index is 13.1. The lowest BCUT2D eigenvalue weighted by Crippen LogP contribution is -2.30. The maximum Gasteiger partial charge on any atom is 0.362 e. The van der Waals surface area contributed by atoms with Gasteiger partial charge in [0.15, 0.2) is 11.6 Å². The minimum atomic E-state index is -4.00. The monoisotopic (exact) mass is 422 g/mol. The number of benzene rings is 1. The number of ether oxygens (including phenoxy) is 2. The number of rotatable bonds is 9. The van der Waals surface area contributed by atoms with E-state index in [1.165, 1.54) is 12.1 Å². The Morgan fingerprint density at radius 2 is 1.63 bits per heavy atom. The Bertz CT molecular complexity index is 765. The molecule has 0 aromatic heterocycles. The fraction of sp³-hybridized carbons (Fsp3) is 0.647. The van der Waals surface area contributed by atoms with Crippen LogP contribution in [0.4, 0.5) is 0 Å². The first-order valence-corrected chi connectivity index (χ1v) is 11.8. The van der Waals surface area contributed by atoms with Crippen molar-refractivity contribution in [1.82, 2.24) is 0 Å². The van der Waals surface area contributed by atoms with Crippen molar-refractivity contribution in [2.75, 3.05) is 19.8 Å². The maximum absolute atomic E-state index is 13.1. The second-order valence-corrected chi connectivity index (χ2v) is 10.2. The van der Waals surface area contributed by atoms with Crippen molar-refractivity contribution in [2.24, 2.45) is 0 Å². The SMILES string of the molecule is CCOP(=O)(OCC)[C@H]1OC(C)(C)O[C@@H]1COS(=O)(=O)c1ccc(C)cc1. The van der Waals surface area contributed by atoms with Gasteiger partial charge in [-0.3, -0.25) is 8.75 Å². The van der Waals surface area contributed by atoms with Crippen LogP contribution in [0.1, 0.15) is 33.3 Å². The second-order valence-electron chi connectivity index (χ2n) is 6.49. The molecule has 1 aliphatic rings. The van der Waals surface area contributed by atoms with E-state index in [2.05, 4.69) is 0 Å². The van der Waals surface area contributed by atoms with E-state index in [-0.39, 0.29) is 24.7 Å². The van der Waals surface area contributed by atoms with Crippen LogP contribution in [0.3, 0.4) is 0 Å².